The number of amides is 3. The van der Waals surface area contributed by atoms with Crippen LogP contribution in [0.25, 0.3) is 0 Å². The summed E-state index contributed by atoms with van der Waals surface area (Å²) in [6.45, 7) is 4.20. The van der Waals surface area contributed by atoms with Crippen molar-refractivity contribution >= 4 is 46.0 Å². The van der Waals surface area contributed by atoms with Crippen LogP contribution in [0.3, 0.4) is 0 Å². The van der Waals surface area contributed by atoms with E-state index in [1.165, 1.54) is 24.5 Å². The molecule has 25 heavy (non-hydrogen) atoms. The summed E-state index contributed by atoms with van der Waals surface area (Å²) in [6, 6.07) is 8.78. The Kier molecular flexibility index (Phi) is 6.60. The average molecular weight is 378 g/mol. The lowest BCUT2D eigenvalue weighted by Gasteiger charge is -2.08. The Morgan fingerprint density at radius 3 is 2.36 bits per heavy atom. The third-order valence-electron chi connectivity index (χ3n) is 3.03. The quantitative estimate of drug-likeness (QED) is 0.768. The van der Waals surface area contributed by atoms with Crippen molar-refractivity contribution in [2.75, 3.05) is 12.4 Å². The summed E-state index contributed by atoms with van der Waals surface area (Å²) in [6.07, 6.45) is -0.855. The number of thiophene rings is 1. The van der Waals surface area contributed by atoms with Crippen LogP contribution in [-0.2, 0) is 4.74 Å². The Balaban J connectivity index is 2.07. The highest BCUT2D eigenvalue weighted by molar-refractivity contribution is 7.99. The van der Waals surface area contributed by atoms with Crippen molar-refractivity contribution < 1.29 is 19.1 Å². The zero-order chi connectivity index (χ0) is 18.4. The summed E-state index contributed by atoms with van der Waals surface area (Å²) < 4.78 is 4.39. The molecule has 8 heteroatoms. The molecule has 0 aliphatic heterocycles. The SMILES string of the molecule is COC(=O)NC(=O)c1ccsc1NC(=O)c1ccc(SC(C)C)cc1. The van der Waals surface area contributed by atoms with E-state index in [0.717, 1.165) is 4.90 Å². The van der Waals surface area contributed by atoms with Crippen molar-refractivity contribution in [3.8, 4) is 0 Å². The smallest absolute Gasteiger partial charge is 0.413 e. The highest BCUT2D eigenvalue weighted by Crippen LogP contribution is 2.25. The summed E-state index contributed by atoms with van der Waals surface area (Å²) in [5.74, 6) is -0.956. The maximum atomic E-state index is 12.4. The number of anilines is 1. The summed E-state index contributed by atoms with van der Waals surface area (Å²) in [5.41, 5.74) is 0.691. The average Bonchev–Trinajstić information content (AvgIpc) is 3.03. The summed E-state index contributed by atoms with van der Waals surface area (Å²) in [4.78, 5) is 36.6. The van der Waals surface area contributed by atoms with E-state index in [0.29, 0.717) is 15.8 Å². The Labute approximate surface area is 154 Å². The van der Waals surface area contributed by atoms with Crippen molar-refractivity contribution in [2.24, 2.45) is 0 Å². The van der Waals surface area contributed by atoms with Crippen LogP contribution in [0.2, 0.25) is 0 Å². The van der Waals surface area contributed by atoms with E-state index in [1.54, 1.807) is 29.3 Å². The molecule has 0 radical (unpaired) electrons. The van der Waals surface area contributed by atoms with Crippen LogP contribution in [-0.4, -0.2) is 30.3 Å². The molecule has 2 aromatic rings. The number of rotatable bonds is 5. The number of carbonyl (C=O) groups excluding carboxylic acids is 3. The zero-order valence-electron chi connectivity index (χ0n) is 14.0. The normalized spacial score (nSPS) is 10.4. The molecule has 1 aromatic heterocycles. The number of benzene rings is 1. The van der Waals surface area contributed by atoms with Crippen molar-refractivity contribution in [1.29, 1.82) is 0 Å². The summed E-state index contributed by atoms with van der Waals surface area (Å²) in [7, 11) is 1.17. The molecule has 0 fully saturated rings. The number of hydrogen-bond acceptors (Lipinski definition) is 6. The van der Waals surface area contributed by atoms with E-state index in [9.17, 15) is 14.4 Å². The van der Waals surface area contributed by atoms with Gasteiger partial charge < -0.3 is 10.1 Å². The van der Waals surface area contributed by atoms with Gasteiger partial charge in [-0.1, -0.05) is 13.8 Å². The molecular formula is C17H18N2O4S2. The summed E-state index contributed by atoms with van der Waals surface area (Å²) >= 11 is 2.91. The molecule has 1 heterocycles. The number of nitrogens with one attached hydrogen (secondary N) is 2. The van der Waals surface area contributed by atoms with E-state index < -0.39 is 12.0 Å². The third-order valence-corrected chi connectivity index (χ3v) is 4.87. The molecule has 0 saturated carbocycles. The van der Waals surface area contributed by atoms with Crippen LogP contribution in [0.1, 0.15) is 34.6 Å². The molecule has 2 N–H and O–H groups in total. The highest BCUT2D eigenvalue weighted by Gasteiger charge is 2.18. The van der Waals surface area contributed by atoms with E-state index in [1.807, 2.05) is 12.1 Å². The molecule has 0 saturated heterocycles. The number of hydrogen-bond donors (Lipinski definition) is 2. The van der Waals surface area contributed by atoms with Crippen molar-refractivity contribution in [3.63, 3.8) is 0 Å². The van der Waals surface area contributed by atoms with Gasteiger partial charge in [-0.05, 0) is 35.7 Å². The van der Waals surface area contributed by atoms with Gasteiger partial charge in [0.05, 0.1) is 12.7 Å². The first-order chi connectivity index (χ1) is 11.9. The molecule has 0 unspecified atom stereocenters. The molecule has 0 aliphatic rings. The van der Waals surface area contributed by atoms with Crippen molar-refractivity contribution in [2.45, 2.75) is 24.0 Å². The fraction of sp³-hybridized carbons (Fsp3) is 0.235. The Bertz CT molecular complexity index is 769. The maximum absolute atomic E-state index is 12.4. The number of methoxy groups -OCH3 is 1. The number of carbonyl (C=O) groups is 3. The highest BCUT2D eigenvalue weighted by atomic mass is 32.2. The fourth-order valence-electron chi connectivity index (χ4n) is 1.93. The standard InChI is InChI=1S/C17H18N2O4S2/c1-10(2)25-12-6-4-11(5-7-12)14(20)18-16-13(8-9-24-16)15(21)19-17(22)23-3/h4-10H,1-3H3,(H,18,20)(H,19,21,22). The molecule has 3 amide bonds. The second-order valence-corrected chi connectivity index (χ2v) is 7.82. The van der Waals surface area contributed by atoms with Gasteiger partial charge in [0.25, 0.3) is 11.8 Å². The lowest BCUT2D eigenvalue weighted by atomic mass is 10.2. The second-order valence-electron chi connectivity index (χ2n) is 5.25. The number of alkyl carbamates (subject to hydrolysis) is 1. The molecule has 0 atom stereocenters. The van der Waals surface area contributed by atoms with Crippen LogP contribution in [0.15, 0.2) is 40.6 Å². The van der Waals surface area contributed by atoms with Crippen LogP contribution < -0.4 is 10.6 Å². The van der Waals surface area contributed by atoms with E-state index in [2.05, 4.69) is 29.2 Å². The van der Waals surface area contributed by atoms with Gasteiger partial charge in [-0.25, -0.2) is 4.79 Å². The maximum Gasteiger partial charge on any atom is 0.413 e. The van der Waals surface area contributed by atoms with E-state index in [-0.39, 0.29) is 11.5 Å². The molecule has 0 bridgehead atoms. The largest absolute Gasteiger partial charge is 0.453 e. The minimum absolute atomic E-state index is 0.204. The van der Waals surface area contributed by atoms with Gasteiger partial charge in [0.1, 0.15) is 5.00 Å². The Morgan fingerprint density at radius 1 is 1.08 bits per heavy atom. The fourth-order valence-corrected chi connectivity index (χ4v) is 3.55. The van der Waals surface area contributed by atoms with Gasteiger partial charge in [0, 0.05) is 15.7 Å². The van der Waals surface area contributed by atoms with Crippen molar-refractivity contribution in [3.05, 3.63) is 46.8 Å². The molecule has 132 valence electrons. The first-order valence-electron chi connectivity index (χ1n) is 7.45. The van der Waals surface area contributed by atoms with Crippen LogP contribution >= 0.6 is 23.1 Å². The molecule has 0 aliphatic carbocycles. The molecule has 2 rings (SSSR count). The van der Waals surface area contributed by atoms with Crippen LogP contribution in [0, 0.1) is 0 Å². The van der Waals surface area contributed by atoms with Gasteiger partial charge in [-0.2, -0.15) is 0 Å². The predicted octanol–water partition coefficient (Wildman–Crippen LogP) is 4.00. The second kappa shape index (κ2) is 8.68. The topological polar surface area (TPSA) is 84.5 Å². The van der Waals surface area contributed by atoms with E-state index >= 15 is 0 Å². The van der Waals surface area contributed by atoms with E-state index in [4.69, 9.17) is 0 Å². The summed E-state index contributed by atoms with van der Waals surface area (Å²) in [5, 5.41) is 7.25. The van der Waals surface area contributed by atoms with Gasteiger partial charge >= 0.3 is 6.09 Å². The van der Waals surface area contributed by atoms with Crippen molar-refractivity contribution in [1.82, 2.24) is 5.32 Å². The minimum atomic E-state index is -0.855. The zero-order valence-corrected chi connectivity index (χ0v) is 15.6. The number of thioether (sulfide) groups is 1. The van der Waals surface area contributed by atoms with Gasteiger partial charge in [-0.3, -0.25) is 14.9 Å². The third kappa shape index (κ3) is 5.33. The predicted molar refractivity (Wildman–Crippen MR) is 99.6 cm³/mol. The lowest BCUT2D eigenvalue weighted by molar-refractivity contribution is 0.0938. The van der Waals surface area contributed by atoms with Gasteiger partial charge in [-0.15, -0.1) is 23.1 Å². The Hall–Kier alpha value is -2.32. The van der Waals surface area contributed by atoms with Crippen LogP contribution in [0.4, 0.5) is 9.80 Å². The number of ether oxygens (including phenoxy) is 1. The molecule has 0 spiro atoms. The first-order valence-corrected chi connectivity index (χ1v) is 9.21. The molecule has 6 nitrogen and oxygen atoms in total. The Morgan fingerprint density at radius 2 is 1.76 bits per heavy atom. The van der Waals surface area contributed by atoms with Gasteiger partial charge in [0.15, 0.2) is 0 Å². The van der Waals surface area contributed by atoms with Crippen LogP contribution in [0.5, 0.6) is 0 Å². The van der Waals surface area contributed by atoms with Gasteiger partial charge in [0.2, 0.25) is 0 Å². The number of imide groups is 1. The first kappa shape index (κ1) is 19.0. The lowest BCUT2D eigenvalue weighted by Crippen LogP contribution is -2.30. The monoisotopic (exact) mass is 378 g/mol. The molecular weight excluding hydrogens is 360 g/mol. The molecule has 1 aromatic carbocycles. The minimum Gasteiger partial charge on any atom is -0.453 e.